The standard InChI is InChI=1S/C8H18N2/c1-5-6(2)10-8(4)7(3)9-5/h5-10H,1-4H3/t5-,6+,7+,8-. The molecule has 1 rings (SSSR count). The molecule has 0 aromatic carbocycles. The molecule has 1 heterocycles. The molecular formula is C8H18N2. The molecule has 1 fully saturated rings. The van der Waals surface area contributed by atoms with Crippen LogP contribution in [0.1, 0.15) is 27.7 Å². The second kappa shape index (κ2) is 2.89. The van der Waals surface area contributed by atoms with Gasteiger partial charge in [0.2, 0.25) is 0 Å². The highest BCUT2D eigenvalue weighted by Crippen LogP contribution is 2.05. The summed E-state index contributed by atoms with van der Waals surface area (Å²) in [6.07, 6.45) is 0. The Morgan fingerprint density at radius 3 is 1.00 bits per heavy atom. The minimum atomic E-state index is 0.603. The molecule has 0 amide bonds. The highest BCUT2D eigenvalue weighted by atomic mass is 15.1. The Bertz CT molecular complexity index is 87.8. The van der Waals surface area contributed by atoms with Gasteiger partial charge in [-0.2, -0.15) is 0 Å². The molecule has 0 spiro atoms. The van der Waals surface area contributed by atoms with E-state index in [-0.39, 0.29) is 0 Å². The van der Waals surface area contributed by atoms with Crippen LogP contribution in [0.2, 0.25) is 0 Å². The lowest BCUT2D eigenvalue weighted by atomic mass is 10.0. The lowest BCUT2D eigenvalue weighted by Gasteiger charge is -2.38. The average Bonchev–Trinajstić information content (AvgIpc) is 1.84. The van der Waals surface area contributed by atoms with Crippen LogP contribution in [0.25, 0.3) is 0 Å². The monoisotopic (exact) mass is 142 g/mol. The lowest BCUT2D eigenvalue weighted by Crippen LogP contribution is -2.62. The van der Waals surface area contributed by atoms with Gasteiger partial charge in [-0.15, -0.1) is 0 Å². The topological polar surface area (TPSA) is 24.1 Å². The molecule has 0 bridgehead atoms. The molecule has 2 N–H and O–H groups in total. The first-order valence-electron chi connectivity index (χ1n) is 4.13. The van der Waals surface area contributed by atoms with E-state index in [0.29, 0.717) is 24.2 Å². The summed E-state index contributed by atoms with van der Waals surface area (Å²) < 4.78 is 0. The first-order chi connectivity index (χ1) is 4.61. The summed E-state index contributed by atoms with van der Waals surface area (Å²) in [5, 5.41) is 7.03. The lowest BCUT2D eigenvalue weighted by molar-refractivity contribution is 0.250. The SMILES string of the molecule is C[C@@H]1N[C@H](C)[C@H](C)N[C@@H]1C. The van der Waals surface area contributed by atoms with Crippen molar-refractivity contribution in [1.82, 2.24) is 10.6 Å². The van der Waals surface area contributed by atoms with Crippen LogP contribution in [0.4, 0.5) is 0 Å². The molecule has 4 atom stereocenters. The van der Waals surface area contributed by atoms with Gasteiger partial charge in [-0.05, 0) is 27.7 Å². The summed E-state index contributed by atoms with van der Waals surface area (Å²) in [5.41, 5.74) is 0. The zero-order valence-electron chi connectivity index (χ0n) is 7.31. The molecule has 0 radical (unpaired) electrons. The van der Waals surface area contributed by atoms with Crippen LogP contribution in [0.15, 0.2) is 0 Å². The largest absolute Gasteiger partial charge is 0.309 e. The van der Waals surface area contributed by atoms with Crippen molar-refractivity contribution < 1.29 is 0 Å². The second-order valence-corrected chi connectivity index (χ2v) is 3.49. The van der Waals surface area contributed by atoms with E-state index in [0.717, 1.165) is 0 Å². The molecule has 2 nitrogen and oxygen atoms in total. The van der Waals surface area contributed by atoms with Crippen LogP contribution in [0, 0.1) is 0 Å². The molecular weight excluding hydrogens is 124 g/mol. The third-order valence-corrected chi connectivity index (χ3v) is 2.55. The summed E-state index contributed by atoms with van der Waals surface area (Å²) in [4.78, 5) is 0. The predicted molar refractivity (Wildman–Crippen MR) is 44.1 cm³/mol. The molecule has 1 aliphatic heterocycles. The number of rotatable bonds is 0. The second-order valence-electron chi connectivity index (χ2n) is 3.49. The molecule has 10 heavy (non-hydrogen) atoms. The third-order valence-electron chi connectivity index (χ3n) is 2.55. The van der Waals surface area contributed by atoms with Gasteiger partial charge < -0.3 is 10.6 Å². The van der Waals surface area contributed by atoms with Crippen molar-refractivity contribution >= 4 is 0 Å². The van der Waals surface area contributed by atoms with Crippen molar-refractivity contribution in [1.29, 1.82) is 0 Å². The van der Waals surface area contributed by atoms with Crippen LogP contribution < -0.4 is 10.6 Å². The maximum Gasteiger partial charge on any atom is 0.0193 e. The van der Waals surface area contributed by atoms with Crippen LogP contribution >= 0.6 is 0 Å². The smallest absolute Gasteiger partial charge is 0.0193 e. The maximum atomic E-state index is 3.52. The van der Waals surface area contributed by atoms with Gasteiger partial charge in [-0.3, -0.25) is 0 Å². The van der Waals surface area contributed by atoms with E-state index >= 15 is 0 Å². The normalized spacial score (nSPS) is 49.2. The van der Waals surface area contributed by atoms with Crippen LogP contribution in [0.5, 0.6) is 0 Å². The minimum Gasteiger partial charge on any atom is -0.309 e. The summed E-state index contributed by atoms with van der Waals surface area (Å²) >= 11 is 0. The van der Waals surface area contributed by atoms with Crippen molar-refractivity contribution in [2.24, 2.45) is 0 Å². The van der Waals surface area contributed by atoms with Gasteiger partial charge in [0.05, 0.1) is 0 Å². The minimum absolute atomic E-state index is 0.603. The molecule has 1 aliphatic rings. The van der Waals surface area contributed by atoms with Gasteiger partial charge in [-0.1, -0.05) is 0 Å². The van der Waals surface area contributed by atoms with Gasteiger partial charge in [0, 0.05) is 24.2 Å². The Labute approximate surface area is 63.4 Å². The van der Waals surface area contributed by atoms with Crippen LogP contribution in [-0.2, 0) is 0 Å². The van der Waals surface area contributed by atoms with Crippen LogP contribution in [0.3, 0.4) is 0 Å². The van der Waals surface area contributed by atoms with Gasteiger partial charge in [0.1, 0.15) is 0 Å². The summed E-state index contributed by atoms with van der Waals surface area (Å²) in [5.74, 6) is 0. The highest BCUT2D eigenvalue weighted by molar-refractivity contribution is 4.89. The van der Waals surface area contributed by atoms with E-state index in [2.05, 4.69) is 38.3 Å². The summed E-state index contributed by atoms with van der Waals surface area (Å²) in [6.45, 7) is 8.89. The van der Waals surface area contributed by atoms with Crippen LogP contribution in [-0.4, -0.2) is 24.2 Å². The van der Waals surface area contributed by atoms with Crippen molar-refractivity contribution in [2.75, 3.05) is 0 Å². The fourth-order valence-corrected chi connectivity index (χ4v) is 1.41. The van der Waals surface area contributed by atoms with Crippen molar-refractivity contribution in [3.63, 3.8) is 0 Å². The Morgan fingerprint density at radius 1 is 0.600 bits per heavy atom. The van der Waals surface area contributed by atoms with Gasteiger partial charge in [0.15, 0.2) is 0 Å². The van der Waals surface area contributed by atoms with Crippen molar-refractivity contribution in [3.05, 3.63) is 0 Å². The van der Waals surface area contributed by atoms with Gasteiger partial charge in [0.25, 0.3) is 0 Å². The first kappa shape index (κ1) is 8.02. The molecule has 60 valence electrons. The van der Waals surface area contributed by atoms with E-state index in [1.807, 2.05) is 0 Å². The third kappa shape index (κ3) is 1.50. The Morgan fingerprint density at radius 2 is 0.800 bits per heavy atom. The molecule has 0 aromatic rings. The van der Waals surface area contributed by atoms with Gasteiger partial charge in [-0.25, -0.2) is 0 Å². The molecule has 1 saturated heterocycles. The van der Waals surface area contributed by atoms with E-state index in [1.165, 1.54) is 0 Å². The summed E-state index contributed by atoms with van der Waals surface area (Å²) in [6, 6.07) is 2.41. The Balaban J connectivity index is 2.46. The number of piperazine rings is 1. The fourth-order valence-electron chi connectivity index (χ4n) is 1.41. The highest BCUT2D eigenvalue weighted by Gasteiger charge is 2.25. The maximum absolute atomic E-state index is 3.52. The first-order valence-corrected chi connectivity index (χ1v) is 4.13. The Hall–Kier alpha value is -0.0800. The van der Waals surface area contributed by atoms with E-state index in [4.69, 9.17) is 0 Å². The predicted octanol–water partition coefficient (Wildman–Crippen LogP) is 0.733. The number of hydrogen-bond acceptors (Lipinski definition) is 2. The quantitative estimate of drug-likeness (QED) is 0.521. The van der Waals surface area contributed by atoms with E-state index in [1.54, 1.807) is 0 Å². The number of nitrogens with one attached hydrogen (secondary N) is 2. The molecule has 0 aromatic heterocycles. The molecule has 0 aliphatic carbocycles. The number of hydrogen-bond donors (Lipinski definition) is 2. The Kier molecular flexibility index (Phi) is 2.32. The molecule has 0 unspecified atom stereocenters. The zero-order chi connectivity index (χ0) is 7.72. The molecule has 0 saturated carbocycles. The summed E-state index contributed by atoms with van der Waals surface area (Å²) in [7, 11) is 0. The van der Waals surface area contributed by atoms with E-state index < -0.39 is 0 Å². The van der Waals surface area contributed by atoms with E-state index in [9.17, 15) is 0 Å². The van der Waals surface area contributed by atoms with Crippen molar-refractivity contribution in [2.45, 2.75) is 51.9 Å². The zero-order valence-corrected chi connectivity index (χ0v) is 7.31. The van der Waals surface area contributed by atoms with Crippen molar-refractivity contribution in [3.8, 4) is 0 Å². The average molecular weight is 142 g/mol. The fraction of sp³-hybridized carbons (Fsp3) is 1.00. The van der Waals surface area contributed by atoms with Gasteiger partial charge >= 0.3 is 0 Å². The molecule has 2 heteroatoms.